The van der Waals surface area contributed by atoms with E-state index >= 15 is 0 Å². The number of fused-ring (bicyclic) bond motifs is 2. The fourth-order valence-corrected chi connectivity index (χ4v) is 3.03. The first kappa shape index (κ1) is 12.3. The maximum atomic E-state index is 12.4. The van der Waals surface area contributed by atoms with E-state index in [1.54, 1.807) is 4.57 Å². The Labute approximate surface area is 116 Å². The summed E-state index contributed by atoms with van der Waals surface area (Å²) in [7, 11) is 0. The van der Waals surface area contributed by atoms with Crippen molar-refractivity contribution in [1.82, 2.24) is 9.55 Å². The number of halogens is 1. The maximum absolute atomic E-state index is 12.4. The first-order valence-corrected chi connectivity index (χ1v) is 6.82. The number of benzene rings is 1. The van der Waals surface area contributed by atoms with Gasteiger partial charge in [0.2, 0.25) is 0 Å². The van der Waals surface area contributed by atoms with E-state index in [2.05, 4.69) is 20.9 Å². The van der Waals surface area contributed by atoms with Crippen LogP contribution in [0.4, 0.5) is 5.69 Å². The van der Waals surface area contributed by atoms with Gasteiger partial charge in [-0.1, -0.05) is 15.9 Å². The van der Waals surface area contributed by atoms with Gasteiger partial charge in [0.1, 0.15) is 5.82 Å². The normalized spacial score (nSPS) is 18.3. The Morgan fingerprint density at radius 3 is 3.00 bits per heavy atom. The third-order valence-corrected chi connectivity index (χ3v) is 4.16. The molecular weight excluding hydrogens is 314 g/mol. The maximum Gasteiger partial charge on any atom is 0.270 e. The first-order valence-electron chi connectivity index (χ1n) is 5.91. The van der Waals surface area contributed by atoms with E-state index in [9.17, 15) is 14.9 Å². The summed E-state index contributed by atoms with van der Waals surface area (Å²) in [5.74, 6) is 0.706. The van der Waals surface area contributed by atoms with Gasteiger partial charge in [-0.25, -0.2) is 4.98 Å². The minimum absolute atomic E-state index is 0.0635. The summed E-state index contributed by atoms with van der Waals surface area (Å²) < 4.78 is 1.61. The Morgan fingerprint density at radius 2 is 2.26 bits per heavy atom. The highest BCUT2D eigenvalue weighted by Gasteiger charge is 2.22. The number of rotatable bonds is 1. The Bertz CT molecular complexity index is 741. The van der Waals surface area contributed by atoms with Crippen LogP contribution in [0.25, 0.3) is 10.9 Å². The highest BCUT2D eigenvalue weighted by Crippen LogP contribution is 2.31. The van der Waals surface area contributed by atoms with E-state index in [1.165, 1.54) is 18.2 Å². The molecule has 0 radical (unpaired) electrons. The molecule has 0 aliphatic carbocycles. The predicted octanol–water partition coefficient (Wildman–Crippen LogP) is 2.53. The van der Waals surface area contributed by atoms with Gasteiger partial charge >= 0.3 is 0 Å². The lowest BCUT2D eigenvalue weighted by Gasteiger charge is -2.22. The summed E-state index contributed by atoms with van der Waals surface area (Å²) >= 11 is 3.51. The zero-order valence-corrected chi connectivity index (χ0v) is 11.5. The molecule has 1 aliphatic heterocycles. The summed E-state index contributed by atoms with van der Waals surface area (Å²) in [6.45, 7) is 0.613. The lowest BCUT2D eigenvalue weighted by molar-refractivity contribution is -0.384. The standard InChI is InChI=1S/C12H10BrN3O3/c13-9-2-1-5-15-11(9)14-10-4-3-7(16(18)19)6-8(10)12(15)17/h3-4,6,9H,1-2,5H2/t9-/m1/s1. The van der Waals surface area contributed by atoms with Gasteiger partial charge in [0, 0.05) is 18.7 Å². The molecule has 2 aromatic rings. The third-order valence-electron chi connectivity index (χ3n) is 3.30. The van der Waals surface area contributed by atoms with Gasteiger partial charge in [-0.3, -0.25) is 19.5 Å². The molecule has 0 bridgehead atoms. The van der Waals surface area contributed by atoms with Crippen molar-refractivity contribution in [3.63, 3.8) is 0 Å². The molecule has 7 heteroatoms. The van der Waals surface area contributed by atoms with E-state index in [1.807, 2.05) is 0 Å². The van der Waals surface area contributed by atoms with Crippen molar-refractivity contribution in [2.75, 3.05) is 0 Å². The average molecular weight is 324 g/mol. The fraction of sp³-hybridized carbons (Fsp3) is 0.333. The molecule has 3 rings (SSSR count). The highest BCUT2D eigenvalue weighted by molar-refractivity contribution is 9.09. The van der Waals surface area contributed by atoms with Crippen LogP contribution >= 0.6 is 15.9 Å². The van der Waals surface area contributed by atoms with Crippen LogP contribution in [0.2, 0.25) is 0 Å². The number of hydrogen-bond donors (Lipinski definition) is 0. The lowest BCUT2D eigenvalue weighted by atomic mass is 10.1. The van der Waals surface area contributed by atoms with Crippen LogP contribution in [0.1, 0.15) is 23.5 Å². The van der Waals surface area contributed by atoms with Crippen LogP contribution in [0, 0.1) is 10.1 Å². The van der Waals surface area contributed by atoms with E-state index in [4.69, 9.17) is 0 Å². The molecule has 1 aromatic carbocycles. The molecule has 19 heavy (non-hydrogen) atoms. The van der Waals surface area contributed by atoms with Crippen molar-refractivity contribution in [2.45, 2.75) is 24.2 Å². The number of hydrogen-bond acceptors (Lipinski definition) is 4. The van der Waals surface area contributed by atoms with Crippen LogP contribution in [-0.2, 0) is 6.54 Å². The average Bonchev–Trinajstić information content (AvgIpc) is 2.40. The van der Waals surface area contributed by atoms with E-state index in [0.717, 1.165) is 12.8 Å². The number of nitro groups is 1. The van der Waals surface area contributed by atoms with Crippen LogP contribution in [0.15, 0.2) is 23.0 Å². The molecule has 0 spiro atoms. The Kier molecular flexibility index (Phi) is 2.85. The summed E-state index contributed by atoms with van der Waals surface area (Å²) in [6, 6.07) is 4.21. The number of alkyl halides is 1. The van der Waals surface area contributed by atoms with E-state index in [-0.39, 0.29) is 16.1 Å². The van der Waals surface area contributed by atoms with Gasteiger partial charge in [0.15, 0.2) is 0 Å². The van der Waals surface area contributed by atoms with Gasteiger partial charge in [-0.15, -0.1) is 0 Å². The molecule has 0 amide bonds. The molecule has 98 valence electrons. The molecule has 1 aliphatic rings. The molecule has 2 heterocycles. The number of non-ortho nitro benzene ring substituents is 1. The molecule has 0 saturated heterocycles. The van der Waals surface area contributed by atoms with Crippen LogP contribution < -0.4 is 5.56 Å². The molecule has 0 unspecified atom stereocenters. The topological polar surface area (TPSA) is 78.0 Å². The summed E-state index contributed by atoms with van der Waals surface area (Å²) in [5, 5.41) is 11.1. The van der Waals surface area contributed by atoms with Crippen molar-refractivity contribution in [3.8, 4) is 0 Å². The molecule has 1 atom stereocenters. The first-order chi connectivity index (χ1) is 9.08. The summed E-state index contributed by atoms with van der Waals surface area (Å²) in [4.78, 5) is 27.1. The second-order valence-corrected chi connectivity index (χ2v) is 5.60. The molecular formula is C12H10BrN3O3. The Balaban J connectivity index is 2.33. The molecule has 1 aromatic heterocycles. The zero-order chi connectivity index (χ0) is 13.6. The van der Waals surface area contributed by atoms with Gasteiger partial charge < -0.3 is 0 Å². The zero-order valence-electron chi connectivity index (χ0n) is 9.88. The number of nitrogens with zero attached hydrogens (tertiary/aromatic N) is 3. The summed E-state index contributed by atoms with van der Waals surface area (Å²) in [5.41, 5.74) is 0.221. The monoisotopic (exact) mass is 323 g/mol. The predicted molar refractivity (Wildman–Crippen MR) is 73.6 cm³/mol. The Morgan fingerprint density at radius 1 is 1.47 bits per heavy atom. The SMILES string of the molecule is O=c1c2cc([N+](=O)[O-])ccc2nc2n1CCC[C@H]2Br. The molecule has 0 saturated carbocycles. The minimum atomic E-state index is -0.504. The van der Waals surface area contributed by atoms with Crippen molar-refractivity contribution in [1.29, 1.82) is 0 Å². The van der Waals surface area contributed by atoms with Gasteiger partial charge in [-0.2, -0.15) is 0 Å². The van der Waals surface area contributed by atoms with Gasteiger partial charge in [0.25, 0.3) is 11.2 Å². The van der Waals surface area contributed by atoms with Crippen LogP contribution in [0.3, 0.4) is 0 Å². The van der Waals surface area contributed by atoms with E-state index in [0.29, 0.717) is 23.3 Å². The smallest absolute Gasteiger partial charge is 0.270 e. The quantitative estimate of drug-likeness (QED) is 0.459. The van der Waals surface area contributed by atoms with Crippen molar-refractivity contribution in [3.05, 3.63) is 44.5 Å². The van der Waals surface area contributed by atoms with Gasteiger partial charge in [0.05, 0.1) is 20.7 Å². The molecule has 0 N–H and O–H groups in total. The largest absolute Gasteiger partial charge is 0.295 e. The molecule has 0 fully saturated rings. The Hall–Kier alpha value is -1.76. The minimum Gasteiger partial charge on any atom is -0.295 e. The number of aromatic nitrogens is 2. The fourth-order valence-electron chi connectivity index (χ4n) is 2.35. The lowest BCUT2D eigenvalue weighted by Crippen LogP contribution is -2.29. The second-order valence-electron chi connectivity index (χ2n) is 4.50. The highest BCUT2D eigenvalue weighted by atomic mass is 79.9. The van der Waals surface area contributed by atoms with Gasteiger partial charge in [-0.05, 0) is 18.9 Å². The molecule has 6 nitrogen and oxygen atoms in total. The van der Waals surface area contributed by atoms with Crippen molar-refractivity contribution < 1.29 is 4.92 Å². The summed E-state index contributed by atoms with van der Waals surface area (Å²) in [6.07, 6.45) is 1.83. The van der Waals surface area contributed by atoms with Crippen molar-refractivity contribution in [2.24, 2.45) is 0 Å². The third kappa shape index (κ3) is 1.94. The van der Waals surface area contributed by atoms with Crippen molar-refractivity contribution >= 4 is 32.5 Å². The number of nitro benzene ring substituents is 1. The van der Waals surface area contributed by atoms with E-state index < -0.39 is 4.92 Å². The second kappa shape index (κ2) is 4.41. The van der Waals surface area contributed by atoms with Crippen LogP contribution in [-0.4, -0.2) is 14.5 Å². The van der Waals surface area contributed by atoms with Crippen LogP contribution in [0.5, 0.6) is 0 Å².